The predicted octanol–water partition coefficient (Wildman–Crippen LogP) is 0.802. The highest BCUT2D eigenvalue weighted by Gasteiger charge is 2.07. The molecule has 0 saturated heterocycles. The molecule has 5 heteroatoms. The maximum Gasteiger partial charge on any atom is 0.325 e. The highest BCUT2D eigenvalue weighted by Crippen LogP contribution is 1.98. The van der Waals surface area contributed by atoms with Crippen LogP contribution in [0, 0.1) is 5.92 Å². The molecule has 90 valence electrons. The fraction of sp³-hybridized carbons (Fsp3) is 0.636. The minimum Gasteiger partial charge on any atom is -0.468 e. The molecule has 0 aliphatic carbocycles. The molecular formula is C11H19N3O2. The van der Waals surface area contributed by atoms with Crippen molar-refractivity contribution in [1.29, 1.82) is 0 Å². The van der Waals surface area contributed by atoms with Gasteiger partial charge < -0.3 is 14.6 Å². The molecule has 0 atom stereocenters. The summed E-state index contributed by atoms with van der Waals surface area (Å²) < 4.78 is 6.40. The van der Waals surface area contributed by atoms with Crippen molar-refractivity contribution in [3.05, 3.63) is 18.2 Å². The molecule has 1 aromatic rings. The number of methoxy groups -OCH3 is 1. The lowest BCUT2D eigenvalue weighted by Crippen LogP contribution is -2.22. The summed E-state index contributed by atoms with van der Waals surface area (Å²) in [6, 6.07) is 0. The van der Waals surface area contributed by atoms with Gasteiger partial charge in [0.2, 0.25) is 0 Å². The SMILES string of the molecule is COC(=O)Cn1ccnc1CNCC(C)C. The summed E-state index contributed by atoms with van der Waals surface area (Å²) in [6.45, 7) is 6.12. The van der Waals surface area contributed by atoms with E-state index in [1.807, 2.05) is 0 Å². The second kappa shape index (κ2) is 6.27. The van der Waals surface area contributed by atoms with Gasteiger partial charge in [-0.15, -0.1) is 0 Å². The van der Waals surface area contributed by atoms with Gasteiger partial charge in [-0.2, -0.15) is 0 Å². The van der Waals surface area contributed by atoms with Gasteiger partial charge in [0.25, 0.3) is 0 Å². The highest BCUT2D eigenvalue weighted by molar-refractivity contribution is 5.69. The number of carbonyl (C=O) groups is 1. The first-order valence-corrected chi connectivity index (χ1v) is 5.41. The smallest absolute Gasteiger partial charge is 0.325 e. The van der Waals surface area contributed by atoms with Crippen LogP contribution in [-0.2, 0) is 22.6 Å². The summed E-state index contributed by atoms with van der Waals surface area (Å²) in [7, 11) is 1.38. The second-order valence-corrected chi connectivity index (χ2v) is 4.07. The Balaban J connectivity index is 2.47. The number of ether oxygens (including phenoxy) is 1. The van der Waals surface area contributed by atoms with Crippen LogP contribution in [-0.4, -0.2) is 29.2 Å². The van der Waals surface area contributed by atoms with Gasteiger partial charge in [-0.05, 0) is 12.5 Å². The molecule has 0 radical (unpaired) electrons. The van der Waals surface area contributed by atoms with Crippen LogP contribution in [0.2, 0.25) is 0 Å². The lowest BCUT2D eigenvalue weighted by Gasteiger charge is -2.09. The largest absolute Gasteiger partial charge is 0.468 e. The van der Waals surface area contributed by atoms with E-state index in [1.165, 1.54) is 7.11 Å². The number of rotatable bonds is 6. The summed E-state index contributed by atoms with van der Waals surface area (Å²) in [5.41, 5.74) is 0. The molecule has 1 aromatic heterocycles. The van der Waals surface area contributed by atoms with Crippen LogP contribution >= 0.6 is 0 Å². The Bertz CT molecular complexity index is 334. The van der Waals surface area contributed by atoms with Crippen molar-refractivity contribution in [2.75, 3.05) is 13.7 Å². The first-order chi connectivity index (χ1) is 7.63. The Morgan fingerprint density at radius 2 is 2.38 bits per heavy atom. The van der Waals surface area contributed by atoms with Crippen molar-refractivity contribution in [3.8, 4) is 0 Å². The summed E-state index contributed by atoms with van der Waals surface area (Å²) >= 11 is 0. The Kier molecular flexibility index (Phi) is 4.98. The molecule has 0 unspecified atom stereocenters. The van der Waals surface area contributed by atoms with E-state index in [2.05, 4.69) is 28.9 Å². The summed E-state index contributed by atoms with van der Waals surface area (Å²) in [4.78, 5) is 15.3. The zero-order valence-corrected chi connectivity index (χ0v) is 10.1. The molecule has 1 N–H and O–H groups in total. The minimum absolute atomic E-state index is 0.217. The molecule has 0 fully saturated rings. The number of carbonyl (C=O) groups excluding carboxylic acids is 1. The monoisotopic (exact) mass is 225 g/mol. The molecule has 0 bridgehead atoms. The third kappa shape index (κ3) is 4.02. The standard InChI is InChI=1S/C11H19N3O2/c1-9(2)6-12-7-10-13-4-5-14(10)8-11(15)16-3/h4-5,9,12H,6-8H2,1-3H3. The Labute approximate surface area is 95.8 Å². The lowest BCUT2D eigenvalue weighted by molar-refractivity contribution is -0.141. The zero-order valence-electron chi connectivity index (χ0n) is 10.1. The lowest BCUT2D eigenvalue weighted by atomic mass is 10.2. The van der Waals surface area contributed by atoms with Crippen LogP contribution in [0.3, 0.4) is 0 Å². The molecule has 1 rings (SSSR count). The van der Waals surface area contributed by atoms with Gasteiger partial charge in [0.05, 0.1) is 13.7 Å². The van der Waals surface area contributed by atoms with E-state index in [-0.39, 0.29) is 12.5 Å². The van der Waals surface area contributed by atoms with Crippen LogP contribution in [0.15, 0.2) is 12.4 Å². The van der Waals surface area contributed by atoms with E-state index in [9.17, 15) is 4.79 Å². The molecule has 0 aliphatic heterocycles. The van der Waals surface area contributed by atoms with E-state index in [1.54, 1.807) is 17.0 Å². The Hall–Kier alpha value is -1.36. The van der Waals surface area contributed by atoms with E-state index < -0.39 is 0 Å². The van der Waals surface area contributed by atoms with E-state index >= 15 is 0 Å². The number of hydrogen-bond donors (Lipinski definition) is 1. The van der Waals surface area contributed by atoms with E-state index in [0.29, 0.717) is 12.5 Å². The van der Waals surface area contributed by atoms with Crippen molar-refractivity contribution in [2.45, 2.75) is 26.9 Å². The van der Waals surface area contributed by atoms with Gasteiger partial charge in [0.15, 0.2) is 0 Å². The topological polar surface area (TPSA) is 56.2 Å². The molecule has 1 heterocycles. The number of esters is 1. The molecule has 0 saturated carbocycles. The average Bonchev–Trinajstić information content (AvgIpc) is 2.65. The number of imidazole rings is 1. The fourth-order valence-electron chi connectivity index (χ4n) is 1.33. The third-order valence-corrected chi connectivity index (χ3v) is 2.16. The Morgan fingerprint density at radius 1 is 1.62 bits per heavy atom. The van der Waals surface area contributed by atoms with Crippen LogP contribution in [0.4, 0.5) is 0 Å². The van der Waals surface area contributed by atoms with Crippen LogP contribution in [0.25, 0.3) is 0 Å². The third-order valence-electron chi connectivity index (χ3n) is 2.16. The van der Waals surface area contributed by atoms with Gasteiger partial charge in [-0.3, -0.25) is 4.79 Å². The maximum absolute atomic E-state index is 11.1. The van der Waals surface area contributed by atoms with Crippen molar-refractivity contribution >= 4 is 5.97 Å². The number of hydrogen-bond acceptors (Lipinski definition) is 4. The fourth-order valence-corrected chi connectivity index (χ4v) is 1.33. The van der Waals surface area contributed by atoms with Gasteiger partial charge in [-0.25, -0.2) is 4.98 Å². The molecule has 0 aromatic carbocycles. The quantitative estimate of drug-likeness (QED) is 0.728. The number of aromatic nitrogens is 2. The highest BCUT2D eigenvalue weighted by atomic mass is 16.5. The van der Waals surface area contributed by atoms with Crippen molar-refractivity contribution in [2.24, 2.45) is 5.92 Å². The summed E-state index contributed by atoms with van der Waals surface area (Å²) in [5, 5.41) is 3.28. The Morgan fingerprint density at radius 3 is 3.00 bits per heavy atom. The van der Waals surface area contributed by atoms with Gasteiger partial charge in [-0.1, -0.05) is 13.8 Å². The molecule has 16 heavy (non-hydrogen) atoms. The van der Waals surface area contributed by atoms with Gasteiger partial charge in [0, 0.05) is 12.4 Å². The van der Waals surface area contributed by atoms with Gasteiger partial charge in [0.1, 0.15) is 12.4 Å². The van der Waals surface area contributed by atoms with Crippen molar-refractivity contribution in [3.63, 3.8) is 0 Å². The zero-order chi connectivity index (χ0) is 12.0. The molecular weight excluding hydrogens is 206 g/mol. The van der Waals surface area contributed by atoms with Crippen LogP contribution in [0.1, 0.15) is 19.7 Å². The van der Waals surface area contributed by atoms with Crippen molar-refractivity contribution in [1.82, 2.24) is 14.9 Å². The molecule has 0 aliphatic rings. The number of nitrogens with one attached hydrogen (secondary N) is 1. The first kappa shape index (κ1) is 12.7. The first-order valence-electron chi connectivity index (χ1n) is 5.41. The summed E-state index contributed by atoms with van der Waals surface area (Å²) in [6.07, 6.45) is 3.47. The number of nitrogens with zero attached hydrogens (tertiary/aromatic N) is 2. The molecule has 0 spiro atoms. The second-order valence-electron chi connectivity index (χ2n) is 4.07. The molecule has 0 amide bonds. The maximum atomic E-state index is 11.1. The van der Waals surface area contributed by atoms with E-state index in [4.69, 9.17) is 0 Å². The normalized spacial score (nSPS) is 10.8. The van der Waals surface area contributed by atoms with E-state index in [0.717, 1.165) is 12.4 Å². The minimum atomic E-state index is -0.261. The van der Waals surface area contributed by atoms with Gasteiger partial charge >= 0.3 is 5.97 Å². The molecule has 5 nitrogen and oxygen atoms in total. The van der Waals surface area contributed by atoms with Crippen LogP contribution in [0.5, 0.6) is 0 Å². The average molecular weight is 225 g/mol. The van der Waals surface area contributed by atoms with Crippen LogP contribution < -0.4 is 5.32 Å². The predicted molar refractivity (Wildman–Crippen MR) is 60.8 cm³/mol. The van der Waals surface area contributed by atoms with Crippen molar-refractivity contribution < 1.29 is 9.53 Å². The summed E-state index contributed by atoms with van der Waals surface area (Å²) in [5.74, 6) is 1.19.